The van der Waals surface area contributed by atoms with E-state index < -0.39 is 12.1 Å². The molecule has 172 valence electrons. The summed E-state index contributed by atoms with van der Waals surface area (Å²) in [7, 11) is 0. The van der Waals surface area contributed by atoms with Gasteiger partial charge in [-0.1, -0.05) is 62.2 Å². The van der Waals surface area contributed by atoms with Crippen LogP contribution in [0.15, 0.2) is 54.6 Å². The topological polar surface area (TPSA) is 90.9 Å². The molecular weight excluding hydrogens is 410 g/mol. The number of ether oxygens (including phenoxy) is 3. The molecule has 0 radical (unpaired) electrons. The summed E-state index contributed by atoms with van der Waals surface area (Å²) in [5, 5.41) is 4.63. The molecule has 0 atom stereocenters. The number of nitrogens with one attached hydrogen (secondary N) is 1. The Labute approximate surface area is 188 Å². The van der Waals surface area contributed by atoms with Crippen molar-refractivity contribution in [1.29, 1.82) is 0 Å². The fourth-order valence-corrected chi connectivity index (χ4v) is 3.02. The highest BCUT2D eigenvalue weighted by Gasteiger charge is 2.08. The first-order valence-electron chi connectivity index (χ1n) is 10.9. The van der Waals surface area contributed by atoms with Crippen molar-refractivity contribution < 1.29 is 28.6 Å². The minimum absolute atomic E-state index is 0.000270. The Hall–Kier alpha value is -3.35. The number of unbranched alkanes of at least 4 members (excludes halogenated alkanes) is 4. The van der Waals surface area contributed by atoms with Crippen LogP contribution >= 0.6 is 0 Å². The summed E-state index contributed by atoms with van der Waals surface area (Å²) in [6.45, 7) is 5.52. The van der Waals surface area contributed by atoms with Gasteiger partial charge in [0.15, 0.2) is 0 Å². The van der Waals surface area contributed by atoms with E-state index >= 15 is 0 Å². The molecule has 0 aliphatic carbocycles. The minimum atomic E-state index is -0.535. The lowest BCUT2D eigenvalue weighted by Gasteiger charge is -2.08. The second kappa shape index (κ2) is 13.9. The molecule has 0 unspecified atom stereocenters. The van der Waals surface area contributed by atoms with E-state index in [0.29, 0.717) is 24.3 Å². The van der Waals surface area contributed by atoms with Gasteiger partial charge in [-0.2, -0.15) is 0 Å². The Kier molecular flexibility index (Phi) is 10.8. The molecule has 7 nitrogen and oxygen atoms in total. The summed E-state index contributed by atoms with van der Waals surface area (Å²) in [6.07, 6.45) is 4.26. The number of benzene rings is 2. The van der Waals surface area contributed by atoms with Gasteiger partial charge in [0.25, 0.3) is 0 Å². The van der Waals surface area contributed by atoms with Crippen LogP contribution in [0.2, 0.25) is 0 Å². The molecule has 0 spiro atoms. The largest absolute Gasteiger partial charge is 0.459 e. The van der Waals surface area contributed by atoms with Crippen LogP contribution in [0.5, 0.6) is 5.75 Å². The highest BCUT2D eigenvalue weighted by Crippen LogP contribution is 2.25. The molecule has 2 rings (SSSR count). The molecule has 0 saturated heterocycles. The van der Waals surface area contributed by atoms with E-state index in [1.165, 1.54) is 0 Å². The van der Waals surface area contributed by atoms with Crippen LogP contribution in [0.3, 0.4) is 0 Å². The SMILES string of the molecule is C=C(C)C(=O)OCCOC(=O)NCCCCCCCC(=O)Oc1cccc2ccccc12. The summed E-state index contributed by atoms with van der Waals surface area (Å²) in [5.74, 6) is -0.129. The van der Waals surface area contributed by atoms with Gasteiger partial charge < -0.3 is 19.5 Å². The third-order valence-corrected chi connectivity index (χ3v) is 4.70. The number of hydrogen-bond donors (Lipinski definition) is 1. The number of hydrogen-bond acceptors (Lipinski definition) is 6. The van der Waals surface area contributed by atoms with Crippen LogP contribution in [0, 0.1) is 0 Å². The molecule has 0 aliphatic heterocycles. The van der Waals surface area contributed by atoms with E-state index in [2.05, 4.69) is 11.9 Å². The Morgan fingerprint density at radius 2 is 1.56 bits per heavy atom. The zero-order chi connectivity index (χ0) is 23.2. The highest BCUT2D eigenvalue weighted by atomic mass is 16.6. The van der Waals surface area contributed by atoms with Gasteiger partial charge in [-0.05, 0) is 31.2 Å². The standard InChI is InChI=1S/C25H31NO6/c1-19(2)24(28)30-17-18-31-25(29)26-16-9-5-3-4-6-15-23(27)32-22-14-10-12-20-11-7-8-13-21(20)22/h7-8,10-14H,1,3-6,9,15-18H2,2H3,(H,26,29). The monoisotopic (exact) mass is 441 g/mol. The molecular formula is C25H31NO6. The van der Waals surface area contributed by atoms with Crippen molar-refractivity contribution in [1.82, 2.24) is 5.32 Å². The van der Waals surface area contributed by atoms with Gasteiger partial charge in [-0.3, -0.25) is 4.79 Å². The van der Waals surface area contributed by atoms with Gasteiger partial charge in [-0.15, -0.1) is 0 Å². The first-order valence-corrected chi connectivity index (χ1v) is 10.9. The van der Waals surface area contributed by atoms with Crippen molar-refractivity contribution in [3.8, 4) is 5.75 Å². The number of alkyl carbamates (subject to hydrolysis) is 1. The van der Waals surface area contributed by atoms with Crippen molar-refractivity contribution in [2.75, 3.05) is 19.8 Å². The maximum atomic E-state index is 12.1. The lowest BCUT2D eigenvalue weighted by molar-refractivity contribution is -0.140. The molecule has 1 amide bonds. The number of fused-ring (bicyclic) bond motifs is 1. The molecule has 32 heavy (non-hydrogen) atoms. The van der Waals surface area contributed by atoms with Crippen molar-refractivity contribution in [2.45, 2.75) is 45.4 Å². The van der Waals surface area contributed by atoms with Crippen LogP contribution in [0.4, 0.5) is 4.79 Å². The predicted molar refractivity (Wildman–Crippen MR) is 122 cm³/mol. The van der Waals surface area contributed by atoms with Crippen LogP contribution in [0.25, 0.3) is 10.8 Å². The first kappa shape index (κ1) is 24.9. The molecule has 0 saturated carbocycles. The fraction of sp³-hybridized carbons (Fsp3) is 0.400. The predicted octanol–water partition coefficient (Wildman–Crippen LogP) is 4.93. The molecule has 0 bridgehead atoms. The summed E-state index contributed by atoms with van der Waals surface area (Å²) in [5.41, 5.74) is 0.302. The Bertz CT molecular complexity index is 918. The molecule has 0 aliphatic rings. The van der Waals surface area contributed by atoms with Gasteiger partial charge in [0.05, 0.1) is 0 Å². The Balaban J connectivity index is 1.47. The number of esters is 2. The first-order chi connectivity index (χ1) is 15.5. The molecule has 2 aromatic carbocycles. The van der Waals surface area contributed by atoms with Gasteiger partial charge in [0.1, 0.15) is 19.0 Å². The van der Waals surface area contributed by atoms with Gasteiger partial charge in [0.2, 0.25) is 0 Å². The van der Waals surface area contributed by atoms with E-state index in [0.717, 1.165) is 42.9 Å². The van der Waals surface area contributed by atoms with Crippen LogP contribution in [-0.4, -0.2) is 37.8 Å². The molecule has 0 heterocycles. The van der Waals surface area contributed by atoms with E-state index in [9.17, 15) is 14.4 Å². The number of amides is 1. The summed E-state index contributed by atoms with van der Waals surface area (Å²) < 4.78 is 15.3. The zero-order valence-electron chi connectivity index (χ0n) is 18.6. The van der Waals surface area contributed by atoms with Crippen molar-refractivity contribution in [2.24, 2.45) is 0 Å². The average Bonchev–Trinajstić information content (AvgIpc) is 2.78. The minimum Gasteiger partial charge on any atom is -0.459 e. The lowest BCUT2D eigenvalue weighted by atomic mass is 10.1. The maximum absolute atomic E-state index is 12.1. The third kappa shape index (κ3) is 9.20. The van der Waals surface area contributed by atoms with Crippen LogP contribution in [0.1, 0.15) is 45.4 Å². The van der Waals surface area contributed by atoms with Crippen molar-refractivity contribution in [3.05, 3.63) is 54.6 Å². The second-order valence-corrected chi connectivity index (χ2v) is 7.45. The number of rotatable bonds is 13. The molecule has 0 fully saturated rings. The number of carbonyl (C=O) groups excluding carboxylic acids is 3. The lowest BCUT2D eigenvalue weighted by Crippen LogP contribution is -2.26. The van der Waals surface area contributed by atoms with Gasteiger partial charge in [-0.25, -0.2) is 9.59 Å². The van der Waals surface area contributed by atoms with Crippen LogP contribution < -0.4 is 10.1 Å². The Morgan fingerprint density at radius 1 is 0.875 bits per heavy atom. The highest BCUT2D eigenvalue weighted by molar-refractivity contribution is 5.90. The molecule has 0 aromatic heterocycles. The van der Waals surface area contributed by atoms with E-state index in [-0.39, 0.29) is 19.2 Å². The second-order valence-electron chi connectivity index (χ2n) is 7.45. The third-order valence-electron chi connectivity index (χ3n) is 4.70. The van der Waals surface area contributed by atoms with Crippen molar-refractivity contribution in [3.63, 3.8) is 0 Å². The molecule has 2 aromatic rings. The summed E-state index contributed by atoms with van der Waals surface area (Å²) in [4.78, 5) is 34.8. The van der Waals surface area contributed by atoms with Gasteiger partial charge in [0, 0.05) is 23.9 Å². The van der Waals surface area contributed by atoms with Gasteiger partial charge >= 0.3 is 18.0 Å². The average molecular weight is 442 g/mol. The summed E-state index contributed by atoms with van der Waals surface area (Å²) >= 11 is 0. The number of carbonyl (C=O) groups is 3. The zero-order valence-corrected chi connectivity index (χ0v) is 18.6. The fourth-order valence-electron chi connectivity index (χ4n) is 3.02. The smallest absolute Gasteiger partial charge is 0.407 e. The normalized spacial score (nSPS) is 10.4. The van der Waals surface area contributed by atoms with E-state index in [1.807, 2.05) is 42.5 Å². The quantitative estimate of drug-likeness (QED) is 0.205. The van der Waals surface area contributed by atoms with E-state index in [1.54, 1.807) is 6.92 Å². The Morgan fingerprint density at radius 3 is 2.38 bits per heavy atom. The van der Waals surface area contributed by atoms with E-state index in [4.69, 9.17) is 14.2 Å². The van der Waals surface area contributed by atoms with Crippen LogP contribution in [-0.2, 0) is 19.1 Å². The molecule has 1 N–H and O–H groups in total. The van der Waals surface area contributed by atoms with Crippen molar-refractivity contribution >= 4 is 28.8 Å². The molecule has 7 heteroatoms. The summed E-state index contributed by atoms with van der Waals surface area (Å²) in [6, 6.07) is 13.5. The maximum Gasteiger partial charge on any atom is 0.407 e.